The van der Waals surface area contributed by atoms with Crippen LogP contribution in [0.25, 0.3) is 0 Å². The molecule has 0 aliphatic carbocycles. The van der Waals surface area contributed by atoms with E-state index in [-0.39, 0.29) is 17.9 Å². The summed E-state index contributed by atoms with van der Waals surface area (Å²) < 4.78 is 27.3. The van der Waals surface area contributed by atoms with Gasteiger partial charge in [0.05, 0.1) is 0 Å². The number of halogens is 2. The number of carbonyl (C=O) groups is 1. The van der Waals surface area contributed by atoms with Gasteiger partial charge in [-0.15, -0.1) is 0 Å². The van der Waals surface area contributed by atoms with E-state index in [1.54, 1.807) is 13.8 Å². The average Bonchev–Trinajstić information content (AvgIpc) is 2.22. The van der Waals surface area contributed by atoms with Gasteiger partial charge in [0.2, 0.25) is 0 Å². The molecule has 0 aromatic rings. The van der Waals surface area contributed by atoms with Crippen LogP contribution in [0.5, 0.6) is 0 Å². The van der Waals surface area contributed by atoms with E-state index in [0.29, 0.717) is 0 Å². The summed E-state index contributed by atoms with van der Waals surface area (Å²) in [6.45, 7) is 8.74. The smallest absolute Gasteiger partial charge is 0.351 e. The molecule has 1 amide bonds. The predicted molar refractivity (Wildman–Crippen MR) is 66.2 cm³/mol. The number of nitrogens with two attached hydrogens (primary N) is 1. The lowest BCUT2D eigenvalue weighted by Crippen LogP contribution is -2.57. The van der Waals surface area contributed by atoms with Crippen LogP contribution in [0.3, 0.4) is 0 Å². The van der Waals surface area contributed by atoms with Gasteiger partial charge in [-0.05, 0) is 11.3 Å². The Hall–Kier alpha value is -0.750. The van der Waals surface area contributed by atoms with Crippen molar-refractivity contribution in [1.82, 2.24) is 5.32 Å². The lowest BCUT2D eigenvalue weighted by molar-refractivity contribution is -0.167. The van der Waals surface area contributed by atoms with Crippen LogP contribution in [0.1, 0.15) is 34.6 Å². The number of hydrogen-bond donors (Lipinski definition) is 3. The lowest BCUT2D eigenvalue weighted by Gasteiger charge is -2.29. The van der Waals surface area contributed by atoms with Crippen LogP contribution < -0.4 is 11.1 Å². The number of carbonyl (C=O) groups excluding carboxylic acids is 1. The molecule has 1 unspecified atom stereocenters. The Morgan fingerprint density at radius 1 is 1.33 bits per heavy atom. The molecule has 0 saturated carbocycles. The Morgan fingerprint density at radius 2 is 1.78 bits per heavy atom. The summed E-state index contributed by atoms with van der Waals surface area (Å²) in [4.78, 5) is 11.4. The minimum atomic E-state index is -3.88. The molecule has 0 bridgehead atoms. The molecule has 0 rings (SSSR count). The van der Waals surface area contributed by atoms with Crippen molar-refractivity contribution in [2.24, 2.45) is 17.1 Å². The van der Waals surface area contributed by atoms with Gasteiger partial charge < -0.3 is 16.2 Å². The van der Waals surface area contributed by atoms with Gasteiger partial charge in [-0.25, -0.2) is 0 Å². The number of nitrogens with one attached hydrogen (secondary N) is 1. The fourth-order valence-corrected chi connectivity index (χ4v) is 1.20. The zero-order chi connectivity index (χ0) is 14.7. The molecule has 108 valence electrons. The number of hydrogen-bond acceptors (Lipinski definition) is 3. The van der Waals surface area contributed by atoms with E-state index in [4.69, 9.17) is 5.73 Å². The number of amides is 1. The molecule has 0 radical (unpaired) electrons. The van der Waals surface area contributed by atoms with Crippen molar-refractivity contribution in [3.8, 4) is 0 Å². The van der Waals surface area contributed by atoms with Gasteiger partial charge in [0, 0.05) is 12.6 Å². The highest BCUT2D eigenvalue weighted by Crippen LogP contribution is 2.24. The molecule has 0 aliphatic rings. The van der Waals surface area contributed by atoms with Gasteiger partial charge >= 0.3 is 5.92 Å². The first kappa shape index (κ1) is 17.2. The van der Waals surface area contributed by atoms with Crippen molar-refractivity contribution in [3.63, 3.8) is 0 Å². The summed E-state index contributed by atoms with van der Waals surface area (Å²) in [5, 5.41) is 11.6. The van der Waals surface area contributed by atoms with E-state index in [2.05, 4.69) is 5.32 Å². The number of rotatable bonds is 5. The van der Waals surface area contributed by atoms with Crippen LogP contribution in [-0.4, -0.2) is 35.6 Å². The molecule has 4 N–H and O–H groups in total. The number of alkyl halides is 2. The Morgan fingerprint density at radius 3 is 2.11 bits per heavy atom. The van der Waals surface area contributed by atoms with Crippen LogP contribution in [0, 0.1) is 11.3 Å². The van der Waals surface area contributed by atoms with Crippen LogP contribution >= 0.6 is 0 Å². The summed E-state index contributed by atoms with van der Waals surface area (Å²) in [7, 11) is 0. The van der Waals surface area contributed by atoms with E-state index in [1.807, 2.05) is 20.8 Å². The molecule has 0 aromatic heterocycles. The lowest BCUT2D eigenvalue weighted by atomic mass is 9.94. The second-order valence-electron chi connectivity index (χ2n) is 6.13. The zero-order valence-electron chi connectivity index (χ0n) is 11.6. The first-order valence-corrected chi connectivity index (χ1v) is 5.99. The van der Waals surface area contributed by atoms with Crippen LogP contribution in [0.4, 0.5) is 8.78 Å². The third-order valence-corrected chi connectivity index (χ3v) is 2.59. The van der Waals surface area contributed by atoms with Crippen molar-refractivity contribution in [3.05, 3.63) is 0 Å². The van der Waals surface area contributed by atoms with Crippen LogP contribution in [0.2, 0.25) is 0 Å². The van der Waals surface area contributed by atoms with Crippen molar-refractivity contribution in [2.45, 2.75) is 52.7 Å². The topological polar surface area (TPSA) is 75.3 Å². The van der Waals surface area contributed by atoms with Gasteiger partial charge in [-0.3, -0.25) is 4.79 Å². The second-order valence-corrected chi connectivity index (χ2v) is 6.13. The maximum atomic E-state index is 13.7. The third kappa shape index (κ3) is 4.86. The minimum Gasteiger partial charge on any atom is -0.385 e. The highest BCUT2D eigenvalue weighted by Gasteiger charge is 2.49. The molecule has 0 fully saturated rings. The van der Waals surface area contributed by atoms with Gasteiger partial charge in [-0.1, -0.05) is 34.6 Å². The van der Waals surface area contributed by atoms with Gasteiger partial charge in [0.1, 0.15) is 6.10 Å². The summed E-state index contributed by atoms with van der Waals surface area (Å²) in [6.07, 6.45) is -2.18. The Labute approximate surface area is 107 Å². The number of aliphatic hydroxyl groups excluding tert-OH is 1. The summed E-state index contributed by atoms with van der Waals surface area (Å²) in [6, 6.07) is -1.15. The van der Waals surface area contributed by atoms with Crippen LogP contribution in [-0.2, 0) is 4.79 Å². The molecule has 0 saturated heterocycles. The van der Waals surface area contributed by atoms with Gasteiger partial charge in [0.15, 0.2) is 0 Å². The molecular formula is C12H24F2N2O2. The highest BCUT2D eigenvalue weighted by molar-refractivity contribution is 5.84. The fourth-order valence-electron chi connectivity index (χ4n) is 1.20. The molecule has 0 heterocycles. The quantitative estimate of drug-likeness (QED) is 0.698. The molecule has 2 atom stereocenters. The summed E-state index contributed by atoms with van der Waals surface area (Å²) >= 11 is 0. The molecule has 0 spiro atoms. The van der Waals surface area contributed by atoms with E-state index < -0.39 is 24.0 Å². The average molecular weight is 266 g/mol. The standard InChI is InChI=1S/C12H24F2N2O2/c1-7(2)8(15)9(17)12(13,14)10(18)16-6-11(3,4)5/h7-9,17H,6,15H2,1-5H3,(H,16,18)/t8-,9?/m0/s1. The Kier molecular flexibility index (Phi) is 5.68. The first-order chi connectivity index (χ1) is 7.89. The maximum absolute atomic E-state index is 13.7. The van der Waals surface area contributed by atoms with E-state index in [9.17, 15) is 18.7 Å². The molecule has 0 aromatic carbocycles. The van der Waals surface area contributed by atoms with Crippen molar-refractivity contribution >= 4 is 5.91 Å². The largest absolute Gasteiger partial charge is 0.385 e. The van der Waals surface area contributed by atoms with Crippen molar-refractivity contribution < 1.29 is 18.7 Å². The van der Waals surface area contributed by atoms with Crippen molar-refractivity contribution in [2.75, 3.05) is 6.54 Å². The van der Waals surface area contributed by atoms with Gasteiger partial charge in [0.25, 0.3) is 5.91 Å². The monoisotopic (exact) mass is 266 g/mol. The Bertz CT molecular complexity index is 288. The minimum absolute atomic E-state index is 0.102. The summed E-state index contributed by atoms with van der Waals surface area (Å²) in [5.41, 5.74) is 5.15. The van der Waals surface area contributed by atoms with E-state index in [0.717, 1.165) is 0 Å². The van der Waals surface area contributed by atoms with E-state index in [1.165, 1.54) is 0 Å². The molecule has 18 heavy (non-hydrogen) atoms. The Balaban J connectivity index is 4.66. The second kappa shape index (κ2) is 5.93. The predicted octanol–water partition coefficient (Wildman–Crippen LogP) is 1.13. The molecule has 4 nitrogen and oxygen atoms in total. The maximum Gasteiger partial charge on any atom is 0.351 e. The molecular weight excluding hydrogens is 242 g/mol. The normalized spacial score (nSPS) is 16.6. The van der Waals surface area contributed by atoms with Crippen LogP contribution in [0.15, 0.2) is 0 Å². The first-order valence-electron chi connectivity index (χ1n) is 5.99. The highest BCUT2D eigenvalue weighted by atomic mass is 19.3. The third-order valence-electron chi connectivity index (χ3n) is 2.59. The zero-order valence-corrected chi connectivity index (χ0v) is 11.6. The molecule has 0 aliphatic heterocycles. The SMILES string of the molecule is CC(C)[C@H](N)C(O)C(F)(F)C(=O)NCC(C)(C)C. The number of aliphatic hydroxyl groups is 1. The van der Waals surface area contributed by atoms with Gasteiger partial charge in [-0.2, -0.15) is 8.78 Å². The van der Waals surface area contributed by atoms with Crippen molar-refractivity contribution in [1.29, 1.82) is 0 Å². The molecule has 6 heteroatoms. The fraction of sp³-hybridized carbons (Fsp3) is 0.917. The van der Waals surface area contributed by atoms with E-state index >= 15 is 0 Å². The summed E-state index contributed by atoms with van der Waals surface area (Å²) in [5.74, 6) is -5.71.